The van der Waals surface area contributed by atoms with Gasteiger partial charge in [0.2, 0.25) is 5.91 Å². The van der Waals surface area contributed by atoms with E-state index in [1.165, 1.54) is 24.3 Å². The highest BCUT2D eigenvalue weighted by Crippen LogP contribution is 2.35. The first-order valence-electron chi connectivity index (χ1n) is 10.3. The molecule has 0 spiro atoms. The smallest absolute Gasteiger partial charge is 0.270 e. The summed E-state index contributed by atoms with van der Waals surface area (Å²) in [6.45, 7) is 3.09. The van der Waals surface area contributed by atoms with Crippen molar-refractivity contribution in [1.82, 2.24) is 10.3 Å². The second kappa shape index (κ2) is 8.47. The first-order chi connectivity index (χ1) is 14.8. The number of nitro groups is 1. The third kappa shape index (κ3) is 4.59. The molecule has 3 aromatic rings. The molecular formula is C23H24FN3O4. The van der Waals surface area contributed by atoms with E-state index in [0.29, 0.717) is 18.5 Å². The highest BCUT2D eigenvalue weighted by molar-refractivity contribution is 5.87. The van der Waals surface area contributed by atoms with E-state index >= 15 is 0 Å². The van der Waals surface area contributed by atoms with Crippen molar-refractivity contribution in [2.24, 2.45) is 0 Å². The van der Waals surface area contributed by atoms with Crippen molar-refractivity contribution >= 4 is 22.5 Å². The van der Waals surface area contributed by atoms with Gasteiger partial charge < -0.3 is 15.0 Å². The van der Waals surface area contributed by atoms with Gasteiger partial charge in [0.1, 0.15) is 5.82 Å². The van der Waals surface area contributed by atoms with Crippen LogP contribution in [0.3, 0.4) is 0 Å². The molecule has 0 aliphatic carbocycles. The van der Waals surface area contributed by atoms with Gasteiger partial charge in [-0.2, -0.15) is 0 Å². The summed E-state index contributed by atoms with van der Waals surface area (Å²) in [5, 5.41) is 14.9. The lowest BCUT2D eigenvalue weighted by atomic mass is 9.87. The summed E-state index contributed by atoms with van der Waals surface area (Å²) >= 11 is 0. The summed E-state index contributed by atoms with van der Waals surface area (Å²) in [5.41, 5.74) is 1.86. The quantitative estimate of drug-likeness (QED) is 0.432. The fraction of sp³-hybridized carbons (Fsp3) is 0.348. The molecule has 0 radical (unpaired) electrons. The lowest BCUT2D eigenvalue weighted by Gasteiger charge is -2.24. The highest BCUT2D eigenvalue weighted by Gasteiger charge is 2.31. The zero-order valence-corrected chi connectivity index (χ0v) is 17.2. The Morgan fingerprint density at radius 3 is 2.77 bits per heavy atom. The molecular weight excluding hydrogens is 401 g/mol. The fourth-order valence-corrected chi connectivity index (χ4v) is 4.15. The van der Waals surface area contributed by atoms with Crippen LogP contribution < -0.4 is 5.32 Å². The summed E-state index contributed by atoms with van der Waals surface area (Å²) in [4.78, 5) is 26.8. The molecule has 2 atom stereocenters. The number of non-ortho nitro benzene ring substituents is 1. The van der Waals surface area contributed by atoms with E-state index in [1.54, 1.807) is 24.4 Å². The predicted molar refractivity (Wildman–Crippen MR) is 114 cm³/mol. The summed E-state index contributed by atoms with van der Waals surface area (Å²) in [6.07, 6.45) is 3.74. The number of ether oxygens (including phenoxy) is 1. The minimum atomic E-state index is -0.446. The Hall–Kier alpha value is -3.26. The standard InChI is InChI=1S/C23H24FN3O4/c1-23(9-2-10-31-23)14-26-22(28)12-18(15-3-5-16(24)6-4-15)20-13-25-21-8-7-17(27(29)30)11-19(20)21/h3-8,11,13,18,25H,2,9-10,12,14H2,1H3,(H,26,28)/t18-,23-/m0/s1. The normalized spacial score (nSPS) is 19.4. The SMILES string of the molecule is C[C@@]1(CNC(=O)C[C@@H](c2ccc(F)cc2)c2c[nH]c3ccc([N+](=O)[O-])cc23)CCCO1. The topological polar surface area (TPSA) is 97.3 Å². The molecule has 1 amide bonds. The molecule has 2 aromatic carbocycles. The average Bonchev–Trinajstić information content (AvgIpc) is 3.37. The number of nitrogens with one attached hydrogen (secondary N) is 2. The molecule has 0 bridgehead atoms. The van der Waals surface area contributed by atoms with Crippen LogP contribution in [-0.2, 0) is 9.53 Å². The molecule has 31 heavy (non-hydrogen) atoms. The minimum absolute atomic E-state index is 0.0260. The summed E-state index contributed by atoms with van der Waals surface area (Å²) in [5.74, 6) is -0.924. The lowest BCUT2D eigenvalue weighted by molar-refractivity contribution is -0.384. The van der Waals surface area contributed by atoms with E-state index in [1.807, 2.05) is 6.92 Å². The molecule has 0 unspecified atom stereocenters. The summed E-state index contributed by atoms with van der Waals surface area (Å²) in [7, 11) is 0. The van der Waals surface area contributed by atoms with Crippen molar-refractivity contribution in [2.45, 2.75) is 37.7 Å². The number of aromatic amines is 1. The number of rotatable bonds is 7. The third-order valence-electron chi connectivity index (χ3n) is 5.91. The number of carbonyl (C=O) groups excluding carboxylic acids is 1. The Labute approximate surface area is 178 Å². The van der Waals surface area contributed by atoms with Gasteiger partial charge in [0.15, 0.2) is 0 Å². The number of aromatic nitrogens is 1. The van der Waals surface area contributed by atoms with Crippen LogP contribution in [0.1, 0.15) is 43.2 Å². The molecule has 1 aliphatic rings. The van der Waals surface area contributed by atoms with Crippen molar-refractivity contribution in [3.05, 3.63) is 75.7 Å². The number of nitro benzene ring substituents is 1. The Morgan fingerprint density at radius 1 is 1.32 bits per heavy atom. The van der Waals surface area contributed by atoms with E-state index in [0.717, 1.165) is 29.5 Å². The molecule has 1 saturated heterocycles. The van der Waals surface area contributed by atoms with E-state index in [-0.39, 0.29) is 29.4 Å². The highest BCUT2D eigenvalue weighted by atomic mass is 19.1. The second-order valence-corrected chi connectivity index (χ2v) is 8.22. The van der Waals surface area contributed by atoms with Gasteiger partial charge in [-0.15, -0.1) is 0 Å². The van der Waals surface area contributed by atoms with E-state index < -0.39 is 10.8 Å². The zero-order chi connectivity index (χ0) is 22.0. The molecule has 4 rings (SSSR count). The maximum Gasteiger partial charge on any atom is 0.270 e. The first-order valence-corrected chi connectivity index (χ1v) is 10.3. The van der Waals surface area contributed by atoms with Crippen molar-refractivity contribution in [3.8, 4) is 0 Å². The Balaban J connectivity index is 1.64. The fourth-order valence-electron chi connectivity index (χ4n) is 4.15. The first kappa shape index (κ1) is 21.0. The largest absolute Gasteiger partial charge is 0.373 e. The number of benzene rings is 2. The Kier molecular flexibility index (Phi) is 5.73. The van der Waals surface area contributed by atoms with Crippen molar-refractivity contribution in [2.75, 3.05) is 13.2 Å². The molecule has 2 N–H and O–H groups in total. The zero-order valence-electron chi connectivity index (χ0n) is 17.2. The molecule has 8 heteroatoms. The molecule has 1 aromatic heterocycles. The molecule has 1 fully saturated rings. The van der Waals surface area contributed by atoms with Gasteiger partial charge in [0.25, 0.3) is 5.69 Å². The number of hydrogen-bond donors (Lipinski definition) is 2. The van der Waals surface area contributed by atoms with Crippen LogP contribution in [0.5, 0.6) is 0 Å². The number of nitrogens with zero attached hydrogens (tertiary/aromatic N) is 1. The predicted octanol–water partition coefficient (Wildman–Crippen LogP) is 4.42. The maximum atomic E-state index is 13.5. The second-order valence-electron chi connectivity index (χ2n) is 8.22. The summed E-state index contributed by atoms with van der Waals surface area (Å²) in [6, 6.07) is 10.6. The molecule has 1 aliphatic heterocycles. The van der Waals surface area contributed by atoms with Crippen LogP contribution in [-0.4, -0.2) is 34.6 Å². The van der Waals surface area contributed by atoms with Gasteiger partial charge in [0, 0.05) is 54.7 Å². The summed E-state index contributed by atoms with van der Waals surface area (Å²) < 4.78 is 19.2. The van der Waals surface area contributed by atoms with Gasteiger partial charge in [-0.1, -0.05) is 12.1 Å². The number of hydrogen-bond acceptors (Lipinski definition) is 4. The van der Waals surface area contributed by atoms with Gasteiger partial charge in [-0.25, -0.2) is 4.39 Å². The van der Waals surface area contributed by atoms with E-state index in [4.69, 9.17) is 4.74 Å². The van der Waals surface area contributed by atoms with Gasteiger partial charge in [-0.3, -0.25) is 14.9 Å². The van der Waals surface area contributed by atoms with E-state index in [2.05, 4.69) is 10.3 Å². The molecule has 7 nitrogen and oxygen atoms in total. The van der Waals surface area contributed by atoms with Crippen LogP contribution in [0.4, 0.5) is 10.1 Å². The van der Waals surface area contributed by atoms with Crippen molar-refractivity contribution < 1.29 is 18.8 Å². The number of carbonyl (C=O) groups is 1. The maximum absolute atomic E-state index is 13.5. The number of fused-ring (bicyclic) bond motifs is 1. The lowest BCUT2D eigenvalue weighted by Crippen LogP contribution is -2.40. The van der Waals surface area contributed by atoms with Crippen LogP contribution in [0.2, 0.25) is 0 Å². The van der Waals surface area contributed by atoms with Crippen LogP contribution >= 0.6 is 0 Å². The molecule has 162 valence electrons. The minimum Gasteiger partial charge on any atom is -0.373 e. The Bertz CT molecular complexity index is 1100. The van der Waals surface area contributed by atoms with Gasteiger partial charge in [-0.05, 0) is 49.1 Å². The van der Waals surface area contributed by atoms with Crippen molar-refractivity contribution in [1.29, 1.82) is 0 Å². The van der Waals surface area contributed by atoms with Crippen LogP contribution in [0, 0.1) is 15.9 Å². The van der Waals surface area contributed by atoms with Crippen LogP contribution in [0.15, 0.2) is 48.7 Å². The van der Waals surface area contributed by atoms with E-state index in [9.17, 15) is 19.3 Å². The number of H-pyrrole nitrogens is 1. The van der Waals surface area contributed by atoms with Gasteiger partial charge >= 0.3 is 0 Å². The molecule has 2 heterocycles. The van der Waals surface area contributed by atoms with Gasteiger partial charge in [0.05, 0.1) is 10.5 Å². The molecule has 0 saturated carbocycles. The third-order valence-corrected chi connectivity index (χ3v) is 5.91. The average molecular weight is 425 g/mol. The Morgan fingerprint density at radius 2 is 2.10 bits per heavy atom. The van der Waals surface area contributed by atoms with Crippen molar-refractivity contribution in [3.63, 3.8) is 0 Å². The van der Waals surface area contributed by atoms with Crippen LogP contribution in [0.25, 0.3) is 10.9 Å². The monoisotopic (exact) mass is 425 g/mol. The number of halogens is 1. The number of amides is 1.